The number of methoxy groups -OCH3 is 1. The average molecular weight is 356 g/mol. The second-order valence-electron chi connectivity index (χ2n) is 5.13. The van der Waals surface area contributed by atoms with Crippen LogP contribution in [-0.4, -0.2) is 24.0 Å². The summed E-state index contributed by atoms with van der Waals surface area (Å²) in [6, 6.07) is 7.37. The minimum absolute atomic E-state index is 0.0495. The maximum Gasteiger partial charge on any atom is 0.336 e. The third kappa shape index (κ3) is 3.30. The predicted octanol–water partition coefficient (Wildman–Crippen LogP) is 2.46. The monoisotopic (exact) mass is 356 g/mol. The first-order valence-electron chi connectivity index (χ1n) is 6.88. The van der Waals surface area contributed by atoms with E-state index < -0.39 is 46.5 Å². The summed E-state index contributed by atoms with van der Waals surface area (Å²) in [6.45, 7) is 0.861. The van der Waals surface area contributed by atoms with Gasteiger partial charge in [-0.2, -0.15) is 13.8 Å². The van der Waals surface area contributed by atoms with E-state index in [0.717, 1.165) is 14.0 Å². The van der Waals surface area contributed by atoms with Crippen molar-refractivity contribution in [3.8, 4) is 0 Å². The molecule has 1 atom stereocenters. The van der Waals surface area contributed by atoms with Crippen LogP contribution in [0.3, 0.4) is 0 Å². The topological polar surface area (TPSA) is 68.3 Å². The first kappa shape index (κ1) is 18.4. The Bertz CT molecular complexity index is 804. The smallest absolute Gasteiger partial charge is 0.336 e. The van der Waals surface area contributed by atoms with Crippen molar-refractivity contribution >= 4 is 11.9 Å². The summed E-state index contributed by atoms with van der Waals surface area (Å²) in [7, 11) is 0.888. The van der Waals surface area contributed by atoms with Gasteiger partial charge in [0.05, 0.1) is 12.7 Å². The largest absolute Gasteiger partial charge is 0.467 e. The lowest BCUT2D eigenvalue weighted by molar-refractivity contribution is -0.148. The molecule has 25 heavy (non-hydrogen) atoms. The fourth-order valence-corrected chi connectivity index (χ4v) is 2.23. The van der Waals surface area contributed by atoms with Crippen LogP contribution < -0.4 is 5.32 Å². The van der Waals surface area contributed by atoms with Crippen LogP contribution in [0.1, 0.15) is 22.8 Å². The summed E-state index contributed by atoms with van der Waals surface area (Å²) < 4.78 is 59.5. The number of hydrogen-bond donors (Lipinski definition) is 1. The van der Waals surface area contributed by atoms with Crippen LogP contribution in [0.25, 0.3) is 0 Å². The van der Waals surface area contributed by atoms with E-state index in [0.29, 0.717) is 0 Å². The summed E-state index contributed by atoms with van der Waals surface area (Å²) in [5, 5.41) is 2.06. The Hall–Kier alpha value is -2.97. The van der Waals surface area contributed by atoms with Gasteiger partial charge in [-0.05, 0) is 19.1 Å². The maximum atomic E-state index is 14.1. The molecule has 0 aliphatic heterocycles. The van der Waals surface area contributed by atoms with Crippen molar-refractivity contribution < 1.29 is 31.9 Å². The molecule has 9 heteroatoms. The lowest BCUT2D eigenvalue weighted by Gasteiger charge is -2.29. The standard InChI is InChI=1S/C16H12F4N2O3/c1-16(15(24)25-2,22-14(23)8-6-4-3-5-7-8)9-10(17)12(19)21-13(20)11(9)18/h3-7H,1-2H3,(H,22,23). The van der Waals surface area contributed by atoms with Gasteiger partial charge in [0.25, 0.3) is 17.8 Å². The molecule has 132 valence electrons. The molecule has 2 aromatic rings. The minimum atomic E-state index is -2.54. The highest BCUT2D eigenvalue weighted by Gasteiger charge is 2.45. The van der Waals surface area contributed by atoms with Gasteiger partial charge in [-0.1, -0.05) is 18.2 Å². The molecular formula is C16H12F4N2O3. The van der Waals surface area contributed by atoms with Gasteiger partial charge < -0.3 is 10.1 Å². The molecule has 0 aliphatic rings. The molecule has 1 unspecified atom stereocenters. The molecule has 0 radical (unpaired) electrons. The second-order valence-corrected chi connectivity index (χ2v) is 5.13. The van der Waals surface area contributed by atoms with Gasteiger partial charge >= 0.3 is 5.97 Å². The Kier molecular flexibility index (Phi) is 5.05. The van der Waals surface area contributed by atoms with Crippen molar-refractivity contribution in [1.82, 2.24) is 10.3 Å². The maximum absolute atomic E-state index is 14.1. The number of amides is 1. The Morgan fingerprint density at radius 3 is 2.04 bits per heavy atom. The van der Waals surface area contributed by atoms with Gasteiger partial charge in [-0.3, -0.25) is 4.79 Å². The molecule has 1 aromatic heterocycles. The van der Waals surface area contributed by atoms with Gasteiger partial charge in [0.15, 0.2) is 17.2 Å². The zero-order valence-electron chi connectivity index (χ0n) is 13.1. The number of pyridine rings is 1. The van der Waals surface area contributed by atoms with Gasteiger partial charge in [-0.15, -0.1) is 0 Å². The number of carbonyl (C=O) groups is 2. The fourth-order valence-electron chi connectivity index (χ4n) is 2.23. The lowest BCUT2D eigenvalue weighted by atomic mass is 9.91. The Morgan fingerprint density at radius 2 is 1.56 bits per heavy atom. The molecular weight excluding hydrogens is 344 g/mol. The lowest BCUT2D eigenvalue weighted by Crippen LogP contribution is -2.51. The van der Waals surface area contributed by atoms with Crippen molar-refractivity contribution in [3.63, 3.8) is 0 Å². The SMILES string of the molecule is COC(=O)C(C)(NC(=O)c1ccccc1)c1c(F)c(F)nc(F)c1F. The number of halogens is 4. The van der Waals surface area contributed by atoms with Crippen molar-refractivity contribution in [2.75, 3.05) is 7.11 Å². The zero-order valence-corrected chi connectivity index (χ0v) is 13.1. The van der Waals surface area contributed by atoms with Crippen LogP contribution in [0.4, 0.5) is 17.6 Å². The third-order valence-corrected chi connectivity index (χ3v) is 3.49. The predicted molar refractivity (Wildman–Crippen MR) is 77.3 cm³/mol. The Morgan fingerprint density at radius 1 is 1.04 bits per heavy atom. The first-order chi connectivity index (χ1) is 11.7. The summed E-state index contributed by atoms with van der Waals surface area (Å²) >= 11 is 0. The highest BCUT2D eigenvalue weighted by atomic mass is 19.2. The van der Waals surface area contributed by atoms with E-state index in [-0.39, 0.29) is 5.56 Å². The number of carbonyl (C=O) groups excluding carboxylic acids is 2. The van der Waals surface area contributed by atoms with E-state index in [1.54, 1.807) is 6.07 Å². The summed E-state index contributed by atoms with van der Waals surface area (Å²) in [6.07, 6.45) is 0. The highest BCUT2D eigenvalue weighted by molar-refractivity contribution is 5.98. The van der Waals surface area contributed by atoms with Gasteiger partial charge in [0, 0.05) is 5.56 Å². The molecule has 0 saturated heterocycles. The van der Waals surface area contributed by atoms with E-state index in [2.05, 4.69) is 15.0 Å². The number of esters is 1. The molecule has 2 rings (SSSR count). The van der Waals surface area contributed by atoms with Crippen LogP contribution in [0.15, 0.2) is 30.3 Å². The molecule has 0 fully saturated rings. The molecule has 0 bridgehead atoms. The van der Waals surface area contributed by atoms with Crippen LogP contribution in [0, 0.1) is 23.5 Å². The summed E-state index contributed by atoms with van der Waals surface area (Å²) in [5.41, 5.74) is -3.84. The Balaban J connectivity index is 2.61. The molecule has 5 nitrogen and oxygen atoms in total. The van der Waals surface area contributed by atoms with Crippen molar-refractivity contribution in [2.24, 2.45) is 0 Å². The van der Waals surface area contributed by atoms with Crippen LogP contribution in [0.5, 0.6) is 0 Å². The second kappa shape index (κ2) is 6.88. The molecule has 1 heterocycles. The van der Waals surface area contributed by atoms with Crippen LogP contribution in [-0.2, 0) is 15.1 Å². The molecule has 1 aromatic carbocycles. The fraction of sp³-hybridized carbons (Fsp3) is 0.188. The quantitative estimate of drug-likeness (QED) is 0.519. The molecule has 0 spiro atoms. The number of aromatic nitrogens is 1. The molecule has 0 saturated carbocycles. The first-order valence-corrected chi connectivity index (χ1v) is 6.88. The van der Waals surface area contributed by atoms with Gasteiger partial charge in [0.2, 0.25) is 0 Å². The molecule has 1 amide bonds. The normalized spacial score (nSPS) is 13.0. The molecule has 1 N–H and O–H groups in total. The number of benzene rings is 1. The number of ether oxygens (including phenoxy) is 1. The van der Waals surface area contributed by atoms with Crippen LogP contribution >= 0.6 is 0 Å². The van der Waals surface area contributed by atoms with E-state index >= 15 is 0 Å². The van der Waals surface area contributed by atoms with E-state index in [4.69, 9.17) is 0 Å². The number of nitrogens with zero attached hydrogens (tertiary/aromatic N) is 1. The van der Waals surface area contributed by atoms with Crippen molar-refractivity contribution in [2.45, 2.75) is 12.5 Å². The Labute approximate surface area is 139 Å². The number of rotatable bonds is 4. The van der Waals surface area contributed by atoms with E-state index in [9.17, 15) is 27.2 Å². The van der Waals surface area contributed by atoms with Gasteiger partial charge in [0.1, 0.15) is 0 Å². The van der Waals surface area contributed by atoms with E-state index in [1.807, 2.05) is 0 Å². The number of nitrogens with one attached hydrogen (secondary N) is 1. The summed E-state index contributed by atoms with van der Waals surface area (Å²) in [4.78, 5) is 26.8. The van der Waals surface area contributed by atoms with Gasteiger partial charge in [-0.25, -0.2) is 13.6 Å². The molecule has 0 aliphatic carbocycles. The summed E-state index contributed by atoms with van der Waals surface area (Å²) in [5.74, 6) is -10.00. The average Bonchev–Trinajstić information content (AvgIpc) is 2.60. The van der Waals surface area contributed by atoms with Crippen molar-refractivity contribution in [3.05, 3.63) is 65.0 Å². The van der Waals surface area contributed by atoms with Crippen LogP contribution in [0.2, 0.25) is 0 Å². The minimum Gasteiger partial charge on any atom is -0.467 e. The van der Waals surface area contributed by atoms with E-state index in [1.165, 1.54) is 24.3 Å². The zero-order chi connectivity index (χ0) is 18.8. The highest BCUT2D eigenvalue weighted by Crippen LogP contribution is 2.30. The van der Waals surface area contributed by atoms with Crippen molar-refractivity contribution in [1.29, 1.82) is 0 Å². The number of hydrogen-bond acceptors (Lipinski definition) is 4. The third-order valence-electron chi connectivity index (χ3n) is 3.49.